The first-order chi connectivity index (χ1) is 20.0. The van der Waals surface area contributed by atoms with Crippen molar-refractivity contribution in [3.05, 3.63) is 53.6 Å². The second kappa shape index (κ2) is 12.2. The van der Waals surface area contributed by atoms with E-state index in [-0.39, 0.29) is 40.3 Å². The van der Waals surface area contributed by atoms with Crippen LogP contribution >= 0.6 is 27.7 Å². The molecule has 2 aromatic rings. The van der Waals surface area contributed by atoms with Crippen LogP contribution in [0.3, 0.4) is 0 Å². The number of hydrogen-bond donors (Lipinski definition) is 3. The van der Waals surface area contributed by atoms with Gasteiger partial charge in [-0.2, -0.15) is 0 Å². The van der Waals surface area contributed by atoms with Crippen molar-refractivity contribution in [1.29, 1.82) is 0 Å². The number of alkyl halides is 1. The summed E-state index contributed by atoms with van der Waals surface area (Å²) in [5, 5.41) is 16.5. The summed E-state index contributed by atoms with van der Waals surface area (Å²) in [6.07, 6.45) is 1.12. The summed E-state index contributed by atoms with van der Waals surface area (Å²) in [5.74, 6) is -1.14. The monoisotopic (exact) mass is 657 g/mol. The summed E-state index contributed by atoms with van der Waals surface area (Å²) in [5.41, 5.74) is 3.27. The lowest BCUT2D eigenvalue weighted by Crippen LogP contribution is -2.55. The van der Waals surface area contributed by atoms with Crippen molar-refractivity contribution >= 4 is 56.8 Å². The van der Waals surface area contributed by atoms with Gasteiger partial charge in [0.15, 0.2) is 0 Å². The predicted octanol–water partition coefficient (Wildman–Crippen LogP) is 5.15. The molecule has 3 amide bonds. The third-order valence-electron chi connectivity index (χ3n) is 8.71. The molecule has 10 heteroatoms. The van der Waals surface area contributed by atoms with Gasteiger partial charge in [-0.25, -0.2) is 0 Å². The molecule has 3 aliphatic rings. The zero-order valence-electron chi connectivity index (χ0n) is 24.7. The molecule has 0 aliphatic carbocycles. The van der Waals surface area contributed by atoms with Gasteiger partial charge in [0.2, 0.25) is 17.7 Å². The van der Waals surface area contributed by atoms with E-state index in [1.165, 1.54) is 0 Å². The van der Waals surface area contributed by atoms with Crippen LogP contribution in [0.15, 0.2) is 42.5 Å². The van der Waals surface area contributed by atoms with E-state index in [9.17, 15) is 19.5 Å². The standard InChI is InChI=1S/C32H40BrN3O5S/c1-6-41-22-11-9-20(10-12-22)34-29(38)25-26-31(40)36(21(16-37)13-17(2)3)28(32(26)15-23(33)27(25)42-32)30(39)35-24-14-18(4)7-8-19(24)5/h7-12,14,17,21,23,25-28,37H,6,13,15-16H2,1-5H3,(H,34,38)(H,35,39)/t21-,23?,25-,26+,27-,28?,32?/m1/s1. The van der Waals surface area contributed by atoms with Gasteiger partial charge in [0, 0.05) is 21.5 Å². The third kappa shape index (κ3) is 5.46. The van der Waals surface area contributed by atoms with E-state index in [1.54, 1.807) is 40.9 Å². The molecular formula is C32H40BrN3O5S. The molecule has 0 saturated carbocycles. The first-order valence-electron chi connectivity index (χ1n) is 14.7. The number of nitrogens with one attached hydrogen (secondary N) is 2. The average molecular weight is 659 g/mol. The molecule has 42 heavy (non-hydrogen) atoms. The van der Waals surface area contributed by atoms with Crippen molar-refractivity contribution in [3.8, 4) is 5.75 Å². The van der Waals surface area contributed by atoms with E-state index in [0.29, 0.717) is 36.6 Å². The highest BCUT2D eigenvalue weighted by Gasteiger charge is 2.76. The van der Waals surface area contributed by atoms with Crippen LogP contribution in [-0.2, 0) is 14.4 Å². The maximum atomic E-state index is 14.4. The fraction of sp³-hybridized carbons (Fsp3) is 0.531. The van der Waals surface area contributed by atoms with Gasteiger partial charge in [-0.15, -0.1) is 11.8 Å². The number of carbonyl (C=O) groups is 3. The molecule has 2 aromatic carbocycles. The number of nitrogens with zero attached hydrogens (tertiary/aromatic N) is 1. The van der Waals surface area contributed by atoms with Crippen molar-refractivity contribution in [3.63, 3.8) is 0 Å². The van der Waals surface area contributed by atoms with Gasteiger partial charge in [-0.3, -0.25) is 14.4 Å². The maximum absolute atomic E-state index is 14.4. The molecule has 7 atom stereocenters. The van der Waals surface area contributed by atoms with E-state index in [0.717, 1.165) is 11.1 Å². The number of ether oxygens (including phenoxy) is 1. The number of fused-ring (bicyclic) bond motifs is 1. The minimum Gasteiger partial charge on any atom is -0.494 e. The number of aliphatic hydroxyl groups is 1. The number of aliphatic hydroxyl groups excluding tert-OH is 1. The zero-order chi connectivity index (χ0) is 30.3. The summed E-state index contributed by atoms with van der Waals surface area (Å²) in [7, 11) is 0. The number of halogens is 1. The number of likely N-dealkylation sites (tertiary alicyclic amines) is 1. The maximum Gasteiger partial charge on any atom is 0.248 e. The normalized spacial score (nSPS) is 28.6. The quantitative estimate of drug-likeness (QED) is 0.305. The third-order valence-corrected chi connectivity index (χ3v) is 11.9. The summed E-state index contributed by atoms with van der Waals surface area (Å²) in [6, 6.07) is 11.7. The van der Waals surface area contributed by atoms with Crippen molar-refractivity contribution < 1.29 is 24.2 Å². The molecule has 3 fully saturated rings. The number of aryl methyl sites for hydroxylation is 2. The molecule has 1 spiro atoms. The minimum atomic E-state index is -0.830. The number of hydrogen-bond acceptors (Lipinski definition) is 6. The van der Waals surface area contributed by atoms with Gasteiger partial charge >= 0.3 is 0 Å². The van der Waals surface area contributed by atoms with E-state index in [4.69, 9.17) is 4.74 Å². The van der Waals surface area contributed by atoms with Gasteiger partial charge in [0.05, 0.1) is 35.8 Å². The molecule has 8 nitrogen and oxygen atoms in total. The minimum absolute atomic E-state index is 0.0451. The van der Waals surface area contributed by atoms with Crippen molar-refractivity contribution in [1.82, 2.24) is 4.90 Å². The number of carbonyl (C=O) groups excluding carboxylic acids is 3. The Morgan fingerprint density at radius 2 is 1.86 bits per heavy atom. The largest absolute Gasteiger partial charge is 0.494 e. The molecule has 3 aliphatic heterocycles. The molecule has 3 saturated heterocycles. The Balaban J connectivity index is 1.51. The second-order valence-electron chi connectivity index (χ2n) is 12.1. The number of rotatable bonds is 10. The highest BCUT2D eigenvalue weighted by molar-refractivity contribution is 9.09. The highest BCUT2D eigenvalue weighted by atomic mass is 79.9. The molecule has 226 valence electrons. The van der Waals surface area contributed by atoms with Crippen molar-refractivity contribution in [2.75, 3.05) is 23.8 Å². The number of thioether (sulfide) groups is 1. The van der Waals surface area contributed by atoms with E-state index >= 15 is 0 Å². The SMILES string of the molecule is CCOc1ccc(NC(=O)[C@H]2[C@@H]3SC4(CC3Br)C(C(=O)Nc3cc(C)ccc3C)N([C@@H](CO)CC(C)C)C(=O)[C@H]24)cc1. The average Bonchev–Trinajstić information content (AvgIpc) is 3.53. The van der Waals surface area contributed by atoms with Crippen LogP contribution in [0, 0.1) is 31.6 Å². The lowest BCUT2D eigenvalue weighted by atomic mass is 9.70. The number of amides is 3. The molecule has 0 radical (unpaired) electrons. The van der Waals surface area contributed by atoms with Crippen LogP contribution in [0.25, 0.3) is 0 Å². The van der Waals surface area contributed by atoms with Gasteiger partial charge in [-0.1, -0.05) is 41.9 Å². The Morgan fingerprint density at radius 1 is 1.14 bits per heavy atom. The lowest BCUT2D eigenvalue weighted by molar-refractivity contribution is -0.141. The van der Waals surface area contributed by atoms with Gasteiger partial charge < -0.3 is 25.4 Å². The van der Waals surface area contributed by atoms with E-state index in [2.05, 4.69) is 26.6 Å². The highest BCUT2D eigenvalue weighted by Crippen LogP contribution is 2.68. The van der Waals surface area contributed by atoms with E-state index in [1.807, 2.05) is 52.8 Å². The fourth-order valence-corrected chi connectivity index (χ4v) is 10.6. The smallest absolute Gasteiger partial charge is 0.248 e. The molecule has 0 aromatic heterocycles. The van der Waals surface area contributed by atoms with Crippen molar-refractivity contribution in [2.45, 2.75) is 74.4 Å². The number of benzene rings is 2. The Kier molecular flexibility index (Phi) is 8.98. The molecule has 2 bridgehead atoms. The Bertz CT molecular complexity index is 1350. The van der Waals surface area contributed by atoms with Crippen molar-refractivity contribution in [2.24, 2.45) is 17.8 Å². The predicted molar refractivity (Wildman–Crippen MR) is 170 cm³/mol. The zero-order valence-corrected chi connectivity index (χ0v) is 27.1. The summed E-state index contributed by atoms with van der Waals surface area (Å²) < 4.78 is 4.72. The summed E-state index contributed by atoms with van der Waals surface area (Å²) in [6.45, 7) is 10.2. The molecule has 3 N–H and O–H groups in total. The van der Waals surface area contributed by atoms with Gasteiger partial charge in [0.1, 0.15) is 11.8 Å². The van der Waals surface area contributed by atoms with Crippen LogP contribution in [0.1, 0.15) is 44.7 Å². The number of anilines is 2. The summed E-state index contributed by atoms with van der Waals surface area (Å²) >= 11 is 5.41. The second-order valence-corrected chi connectivity index (χ2v) is 14.8. The van der Waals surface area contributed by atoms with Crippen LogP contribution in [0.5, 0.6) is 5.75 Å². The first-order valence-corrected chi connectivity index (χ1v) is 16.5. The van der Waals surface area contributed by atoms with Crippen LogP contribution in [0.4, 0.5) is 11.4 Å². The molecule has 3 unspecified atom stereocenters. The van der Waals surface area contributed by atoms with Crippen LogP contribution in [-0.4, -0.2) is 67.8 Å². The Hall–Kier alpha value is -2.56. The van der Waals surface area contributed by atoms with Crippen LogP contribution in [0.2, 0.25) is 0 Å². The Labute approximate surface area is 260 Å². The first kappa shape index (κ1) is 30.9. The van der Waals surface area contributed by atoms with Gasteiger partial charge in [-0.05, 0) is 81.0 Å². The molecule has 5 rings (SSSR count). The van der Waals surface area contributed by atoms with Crippen LogP contribution < -0.4 is 15.4 Å². The Morgan fingerprint density at radius 3 is 2.50 bits per heavy atom. The van der Waals surface area contributed by atoms with E-state index < -0.39 is 28.7 Å². The molecule has 3 heterocycles. The summed E-state index contributed by atoms with van der Waals surface area (Å²) in [4.78, 5) is 44.2. The fourth-order valence-electron chi connectivity index (χ4n) is 6.98. The topological polar surface area (TPSA) is 108 Å². The van der Waals surface area contributed by atoms with Gasteiger partial charge in [0.25, 0.3) is 0 Å². The molecular weight excluding hydrogens is 618 g/mol. The lowest BCUT2D eigenvalue weighted by Gasteiger charge is -2.38.